The van der Waals surface area contributed by atoms with Crippen LogP contribution >= 0.6 is 23.2 Å². The number of nitrogens with zero attached hydrogens (tertiary/aromatic N) is 5. The predicted octanol–water partition coefficient (Wildman–Crippen LogP) is 5.68. The van der Waals surface area contributed by atoms with Crippen LogP contribution < -0.4 is 10.2 Å². The Morgan fingerprint density at radius 3 is 2.43 bits per heavy atom. The molecule has 0 bridgehead atoms. The lowest BCUT2D eigenvalue weighted by molar-refractivity contribution is 0.209. The molecule has 0 radical (unpaired) electrons. The number of carbonyl (C=O) groups excluding carboxylic acids is 1. The summed E-state index contributed by atoms with van der Waals surface area (Å²) in [5, 5.41) is 8.76. The average molecular weight is 515 g/mol. The zero-order valence-corrected chi connectivity index (χ0v) is 22.0. The molecule has 2 heterocycles. The summed E-state index contributed by atoms with van der Waals surface area (Å²) < 4.78 is 2.02. The van der Waals surface area contributed by atoms with E-state index in [9.17, 15) is 4.79 Å². The summed E-state index contributed by atoms with van der Waals surface area (Å²) in [5.74, 6) is 1.06. The van der Waals surface area contributed by atoms with Crippen LogP contribution in [0.3, 0.4) is 0 Å². The van der Waals surface area contributed by atoms with Gasteiger partial charge in [-0.05, 0) is 50.7 Å². The third-order valence-electron chi connectivity index (χ3n) is 6.26. The van der Waals surface area contributed by atoms with Crippen molar-refractivity contribution in [2.45, 2.75) is 26.8 Å². The number of aryl methyl sites for hydroxylation is 1. The van der Waals surface area contributed by atoms with Gasteiger partial charge in [0.2, 0.25) is 0 Å². The lowest BCUT2D eigenvalue weighted by atomic mass is 10.2. The van der Waals surface area contributed by atoms with Crippen LogP contribution in [0.1, 0.15) is 24.6 Å². The van der Waals surface area contributed by atoms with Crippen LogP contribution in [0.15, 0.2) is 48.5 Å². The predicted molar refractivity (Wildman–Crippen MR) is 144 cm³/mol. The average Bonchev–Trinajstić information content (AvgIpc) is 3.18. The fourth-order valence-corrected chi connectivity index (χ4v) is 4.61. The highest BCUT2D eigenvalue weighted by Gasteiger charge is 2.27. The number of nitrogens with one attached hydrogen (secondary N) is 1. The number of halogens is 2. The van der Waals surface area contributed by atoms with E-state index in [1.54, 1.807) is 18.2 Å². The fraction of sp³-hybridized carbons (Fsp3) is 0.385. The Morgan fingerprint density at radius 2 is 1.77 bits per heavy atom. The number of benzene rings is 2. The van der Waals surface area contributed by atoms with E-state index in [1.165, 1.54) is 0 Å². The highest BCUT2D eigenvalue weighted by molar-refractivity contribution is 6.42. The first-order valence-corrected chi connectivity index (χ1v) is 12.7. The Labute approximate surface area is 217 Å². The highest BCUT2D eigenvalue weighted by atomic mass is 35.5. The van der Waals surface area contributed by atoms with E-state index in [4.69, 9.17) is 28.3 Å². The molecule has 35 heavy (non-hydrogen) atoms. The molecular weight excluding hydrogens is 483 g/mol. The van der Waals surface area contributed by atoms with Gasteiger partial charge in [-0.25, -0.2) is 9.48 Å². The summed E-state index contributed by atoms with van der Waals surface area (Å²) in [7, 11) is 2.15. The molecular formula is C26H32Cl2N6O. The lowest BCUT2D eigenvalue weighted by Crippen LogP contribution is -2.45. The Morgan fingerprint density at radius 1 is 1.06 bits per heavy atom. The molecule has 0 atom stereocenters. The van der Waals surface area contributed by atoms with Crippen LogP contribution in [-0.2, 0) is 6.54 Å². The van der Waals surface area contributed by atoms with Crippen molar-refractivity contribution in [3.05, 3.63) is 69.8 Å². The van der Waals surface area contributed by atoms with Crippen molar-refractivity contribution in [3.8, 4) is 5.69 Å². The van der Waals surface area contributed by atoms with Gasteiger partial charge < -0.3 is 20.0 Å². The number of amides is 2. The summed E-state index contributed by atoms with van der Waals surface area (Å²) in [5.41, 5.74) is 3.61. The third-order valence-corrected chi connectivity index (χ3v) is 7.00. The smallest absolute Gasteiger partial charge is 0.322 e. The fourth-order valence-electron chi connectivity index (χ4n) is 4.31. The third kappa shape index (κ3) is 5.92. The maximum absolute atomic E-state index is 13.3. The zero-order valence-electron chi connectivity index (χ0n) is 20.5. The van der Waals surface area contributed by atoms with Gasteiger partial charge in [-0.15, -0.1) is 0 Å². The molecule has 9 heteroatoms. The molecule has 1 fully saturated rings. The van der Waals surface area contributed by atoms with Gasteiger partial charge in [-0.2, -0.15) is 5.10 Å². The molecule has 1 aromatic heterocycles. The minimum atomic E-state index is -0.179. The van der Waals surface area contributed by atoms with Crippen molar-refractivity contribution in [2.24, 2.45) is 0 Å². The largest absolute Gasteiger partial charge is 0.354 e. The maximum atomic E-state index is 13.3. The van der Waals surface area contributed by atoms with Gasteiger partial charge in [0.05, 0.1) is 28.0 Å². The van der Waals surface area contributed by atoms with E-state index in [0.717, 1.165) is 55.4 Å². The quantitative estimate of drug-likeness (QED) is 0.440. The van der Waals surface area contributed by atoms with Crippen molar-refractivity contribution in [2.75, 3.05) is 50.0 Å². The SMILES string of the molecule is CCCN(Cc1c(C)nn(-c2ccccc2)c1N1CCN(C)CC1)C(=O)Nc1ccc(Cl)c(Cl)c1. The Hall–Kier alpha value is -2.74. The first kappa shape index (κ1) is 25.4. The normalized spacial score (nSPS) is 14.3. The van der Waals surface area contributed by atoms with Crippen LogP contribution in [-0.4, -0.2) is 65.4 Å². The minimum absolute atomic E-state index is 0.179. The molecule has 1 N–H and O–H groups in total. The Bertz CT molecular complexity index is 1160. The first-order valence-electron chi connectivity index (χ1n) is 12.0. The van der Waals surface area contributed by atoms with Crippen molar-refractivity contribution in [3.63, 3.8) is 0 Å². The standard InChI is InChI=1S/C26H32Cl2N6O/c1-4-12-33(26(35)29-20-10-11-23(27)24(28)17-20)18-22-19(2)30-34(21-8-6-5-7-9-21)25(22)32-15-13-31(3)14-16-32/h5-11,17H,4,12-16,18H2,1-3H3,(H,29,35). The van der Waals surface area contributed by atoms with E-state index >= 15 is 0 Å². The Kier molecular flexibility index (Phi) is 8.21. The van der Waals surface area contributed by atoms with Crippen molar-refractivity contribution in [1.29, 1.82) is 0 Å². The molecule has 3 aromatic rings. The topological polar surface area (TPSA) is 56.6 Å². The van der Waals surface area contributed by atoms with Crippen LogP contribution in [0.5, 0.6) is 0 Å². The highest BCUT2D eigenvalue weighted by Crippen LogP contribution is 2.30. The number of urea groups is 1. The second kappa shape index (κ2) is 11.3. The van der Waals surface area contributed by atoms with Gasteiger partial charge >= 0.3 is 6.03 Å². The molecule has 4 rings (SSSR count). The van der Waals surface area contributed by atoms with Gasteiger partial charge in [-0.3, -0.25) is 0 Å². The molecule has 186 valence electrons. The van der Waals surface area contributed by atoms with E-state index in [2.05, 4.69) is 41.2 Å². The molecule has 1 aliphatic rings. The number of rotatable bonds is 7. The molecule has 0 unspecified atom stereocenters. The van der Waals surface area contributed by atoms with Crippen molar-refractivity contribution in [1.82, 2.24) is 19.6 Å². The molecule has 2 aromatic carbocycles. The second-order valence-electron chi connectivity index (χ2n) is 8.91. The van der Waals surface area contributed by atoms with Gasteiger partial charge in [0, 0.05) is 44.0 Å². The van der Waals surface area contributed by atoms with Crippen LogP contribution in [0.4, 0.5) is 16.3 Å². The number of hydrogen-bond donors (Lipinski definition) is 1. The summed E-state index contributed by atoms with van der Waals surface area (Å²) in [6, 6.07) is 15.1. The Balaban J connectivity index is 1.66. The molecule has 1 aliphatic heterocycles. The van der Waals surface area contributed by atoms with Crippen LogP contribution in [0.2, 0.25) is 10.0 Å². The number of anilines is 2. The number of piperazine rings is 1. The van der Waals surface area contributed by atoms with E-state index in [-0.39, 0.29) is 6.03 Å². The van der Waals surface area contributed by atoms with Crippen molar-refractivity contribution < 1.29 is 4.79 Å². The summed E-state index contributed by atoms with van der Waals surface area (Å²) >= 11 is 12.2. The number of para-hydroxylation sites is 1. The summed E-state index contributed by atoms with van der Waals surface area (Å²) in [6.07, 6.45) is 0.838. The minimum Gasteiger partial charge on any atom is -0.354 e. The molecule has 2 amide bonds. The summed E-state index contributed by atoms with van der Waals surface area (Å²) in [4.78, 5) is 19.9. The number of hydrogen-bond acceptors (Lipinski definition) is 4. The number of likely N-dealkylation sites (N-methyl/N-ethyl adjacent to an activating group) is 1. The lowest BCUT2D eigenvalue weighted by Gasteiger charge is -2.35. The van der Waals surface area contributed by atoms with E-state index < -0.39 is 0 Å². The summed E-state index contributed by atoms with van der Waals surface area (Å²) in [6.45, 7) is 8.95. The monoisotopic (exact) mass is 514 g/mol. The van der Waals surface area contributed by atoms with Crippen LogP contribution in [0, 0.1) is 6.92 Å². The number of aromatic nitrogens is 2. The molecule has 0 spiro atoms. The molecule has 0 saturated carbocycles. The van der Waals surface area contributed by atoms with E-state index in [0.29, 0.717) is 28.8 Å². The first-order chi connectivity index (χ1) is 16.9. The molecule has 7 nitrogen and oxygen atoms in total. The van der Waals surface area contributed by atoms with Gasteiger partial charge in [0.15, 0.2) is 0 Å². The van der Waals surface area contributed by atoms with Gasteiger partial charge in [0.25, 0.3) is 0 Å². The zero-order chi connectivity index (χ0) is 24.9. The van der Waals surface area contributed by atoms with Crippen molar-refractivity contribution >= 4 is 40.7 Å². The molecule has 0 aliphatic carbocycles. The van der Waals surface area contributed by atoms with Crippen LogP contribution in [0.25, 0.3) is 5.69 Å². The maximum Gasteiger partial charge on any atom is 0.322 e. The molecule has 1 saturated heterocycles. The van der Waals surface area contributed by atoms with E-state index in [1.807, 2.05) is 34.7 Å². The second-order valence-corrected chi connectivity index (χ2v) is 9.72. The van der Waals surface area contributed by atoms with Gasteiger partial charge in [-0.1, -0.05) is 48.3 Å². The van der Waals surface area contributed by atoms with Gasteiger partial charge in [0.1, 0.15) is 5.82 Å². The number of carbonyl (C=O) groups is 1.